The van der Waals surface area contributed by atoms with E-state index in [0.717, 1.165) is 41.8 Å². The predicted molar refractivity (Wildman–Crippen MR) is 120 cm³/mol. The molecular formula is C24H24ClFN4O. The fraction of sp³-hybridized carbons (Fsp3) is 0.292. The van der Waals surface area contributed by atoms with E-state index in [9.17, 15) is 9.18 Å². The van der Waals surface area contributed by atoms with Gasteiger partial charge in [0, 0.05) is 42.2 Å². The van der Waals surface area contributed by atoms with Crippen molar-refractivity contribution in [1.82, 2.24) is 14.9 Å². The molecule has 31 heavy (non-hydrogen) atoms. The smallest absolute Gasteiger partial charge is 0.222 e. The number of amides is 1. The van der Waals surface area contributed by atoms with E-state index in [1.165, 1.54) is 12.1 Å². The van der Waals surface area contributed by atoms with Gasteiger partial charge in [-0.25, -0.2) is 14.4 Å². The number of carbonyl (C=O) groups is 1. The van der Waals surface area contributed by atoms with Gasteiger partial charge >= 0.3 is 0 Å². The summed E-state index contributed by atoms with van der Waals surface area (Å²) in [6.45, 7) is 1.33. The van der Waals surface area contributed by atoms with Crippen LogP contribution in [0.15, 0.2) is 54.7 Å². The van der Waals surface area contributed by atoms with Crippen molar-refractivity contribution in [1.29, 1.82) is 0 Å². The molecule has 1 aromatic heterocycles. The monoisotopic (exact) mass is 438 g/mol. The van der Waals surface area contributed by atoms with Gasteiger partial charge in [0.15, 0.2) is 0 Å². The second-order valence-electron chi connectivity index (χ2n) is 7.84. The summed E-state index contributed by atoms with van der Waals surface area (Å²) < 4.78 is 13.1. The van der Waals surface area contributed by atoms with Crippen LogP contribution in [0.4, 0.5) is 10.3 Å². The topological polar surface area (TPSA) is 72.1 Å². The van der Waals surface area contributed by atoms with Crippen LogP contribution in [-0.2, 0) is 11.2 Å². The average molecular weight is 439 g/mol. The van der Waals surface area contributed by atoms with Crippen LogP contribution in [0.5, 0.6) is 0 Å². The van der Waals surface area contributed by atoms with Crippen LogP contribution in [0.1, 0.15) is 36.4 Å². The summed E-state index contributed by atoms with van der Waals surface area (Å²) in [6, 6.07) is 13.9. The number of aromatic nitrogens is 2. The molecule has 1 saturated heterocycles. The van der Waals surface area contributed by atoms with Crippen molar-refractivity contribution in [2.24, 2.45) is 0 Å². The van der Waals surface area contributed by atoms with Gasteiger partial charge in [0.2, 0.25) is 11.9 Å². The molecule has 5 nitrogen and oxygen atoms in total. The Labute approximate surface area is 186 Å². The third-order valence-corrected chi connectivity index (χ3v) is 5.95. The fourth-order valence-corrected chi connectivity index (χ4v) is 4.19. The van der Waals surface area contributed by atoms with E-state index in [-0.39, 0.29) is 23.6 Å². The van der Waals surface area contributed by atoms with E-state index < -0.39 is 0 Å². The summed E-state index contributed by atoms with van der Waals surface area (Å²) >= 11 is 6.03. The number of hydrogen-bond acceptors (Lipinski definition) is 4. The molecular weight excluding hydrogens is 415 g/mol. The zero-order valence-electron chi connectivity index (χ0n) is 17.1. The molecule has 1 unspecified atom stereocenters. The number of carbonyl (C=O) groups excluding carboxylic acids is 1. The lowest BCUT2D eigenvalue weighted by atomic mass is 9.89. The molecule has 1 amide bonds. The molecule has 1 aliphatic heterocycles. The van der Waals surface area contributed by atoms with Gasteiger partial charge in [-0.15, -0.1) is 0 Å². The molecule has 0 spiro atoms. The first-order valence-electron chi connectivity index (χ1n) is 10.4. The molecule has 0 saturated carbocycles. The summed E-state index contributed by atoms with van der Waals surface area (Å²) in [5, 5.41) is 0.664. The molecule has 4 rings (SSSR count). The standard InChI is InChI=1S/C24H24ClFN4O/c25-19-8-6-17(7-9-19)21-14-28-24(27)29-23(21)18-2-1-13-30(15-18)22(31)12-5-16-3-10-20(26)11-4-16/h3-4,6-11,14,18H,1-2,5,12-13,15H2,(H2,27,28,29). The molecule has 0 bridgehead atoms. The lowest BCUT2D eigenvalue weighted by molar-refractivity contribution is -0.132. The second kappa shape index (κ2) is 9.43. The number of benzene rings is 2. The summed E-state index contributed by atoms with van der Waals surface area (Å²) in [4.78, 5) is 23.5. The molecule has 0 radical (unpaired) electrons. The first-order valence-corrected chi connectivity index (χ1v) is 10.8. The number of hydrogen-bond donors (Lipinski definition) is 1. The van der Waals surface area contributed by atoms with E-state index in [0.29, 0.717) is 24.4 Å². The number of anilines is 1. The minimum absolute atomic E-state index is 0.0829. The van der Waals surface area contributed by atoms with Crippen molar-refractivity contribution in [2.45, 2.75) is 31.6 Å². The minimum Gasteiger partial charge on any atom is -0.368 e. The van der Waals surface area contributed by atoms with E-state index in [4.69, 9.17) is 17.3 Å². The number of rotatable bonds is 5. The summed E-state index contributed by atoms with van der Waals surface area (Å²) in [5.41, 5.74) is 9.61. The molecule has 1 aliphatic rings. The van der Waals surface area contributed by atoms with E-state index in [1.54, 1.807) is 18.3 Å². The van der Waals surface area contributed by atoms with Gasteiger partial charge in [0.1, 0.15) is 5.82 Å². The summed E-state index contributed by atoms with van der Waals surface area (Å²) in [6.07, 6.45) is 4.57. The zero-order chi connectivity index (χ0) is 21.8. The highest BCUT2D eigenvalue weighted by Crippen LogP contribution is 2.34. The van der Waals surface area contributed by atoms with Crippen molar-refractivity contribution in [2.75, 3.05) is 18.8 Å². The van der Waals surface area contributed by atoms with Crippen LogP contribution in [-0.4, -0.2) is 33.9 Å². The second-order valence-corrected chi connectivity index (χ2v) is 8.28. The first-order chi connectivity index (χ1) is 15.0. The maximum absolute atomic E-state index is 13.1. The molecule has 2 heterocycles. The zero-order valence-corrected chi connectivity index (χ0v) is 17.9. The number of likely N-dealkylation sites (tertiary alicyclic amines) is 1. The summed E-state index contributed by atoms with van der Waals surface area (Å²) in [7, 11) is 0. The fourth-order valence-electron chi connectivity index (χ4n) is 4.06. The molecule has 2 aromatic carbocycles. The average Bonchev–Trinajstić information content (AvgIpc) is 2.79. The van der Waals surface area contributed by atoms with Crippen LogP contribution < -0.4 is 5.73 Å². The van der Waals surface area contributed by atoms with Gasteiger partial charge in [-0.05, 0) is 54.7 Å². The normalized spacial score (nSPS) is 16.3. The Balaban J connectivity index is 1.49. The van der Waals surface area contributed by atoms with Gasteiger partial charge in [-0.2, -0.15) is 0 Å². The molecule has 1 atom stereocenters. The lowest BCUT2D eigenvalue weighted by Crippen LogP contribution is -2.39. The number of piperidine rings is 1. The Hall–Kier alpha value is -2.99. The van der Waals surface area contributed by atoms with Crippen LogP contribution in [0.2, 0.25) is 5.02 Å². The van der Waals surface area contributed by atoms with Crippen molar-refractivity contribution in [3.63, 3.8) is 0 Å². The molecule has 3 aromatic rings. The summed E-state index contributed by atoms with van der Waals surface area (Å²) in [5.74, 6) is 0.144. The van der Waals surface area contributed by atoms with Crippen molar-refractivity contribution >= 4 is 23.5 Å². The Kier molecular flexibility index (Phi) is 6.47. The molecule has 0 aliphatic carbocycles. The minimum atomic E-state index is -0.269. The van der Waals surface area contributed by atoms with Crippen LogP contribution >= 0.6 is 11.6 Å². The van der Waals surface area contributed by atoms with Crippen LogP contribution in [0.3, 0.4) is 0 Å². The number of nitrogens with two attached hydrogens (primary N) is 1. The Morgan fingerprint density at radius 3 is 2.65 bits per heavy atom. The highest BCUT2D eigenvalue weighted by Gasteiger charge is 2.28. The van der Waals surface area contributed by atoms with Gasteiger partial charge in [-0.1, -0.05) is 35.9 Å². The maximum atomic E-state index is 13.1. The highest BCUT2D eigenvalue weighted by molar-refractivity contribution is 6.30. The van der Waals surface area contributed by atoms with E-state index in [1.807, 2.05) is 29.2 Å². The number of nitrogen functional groups attached to an aromatic ring is 1. The molecule has 7 heteroatoms. The number of nitrogens with zero attached hydrogens (tertiary/aromatic N) is 3. The van der Waals surface area contributed by atoms with Crippen molar-refractivity contribution < 1.29 is 9.18 Å². The molecule has 1 fully saturated rings. The molecule has 160 valence electrons. The van der Waals surface area contributed by atoms with Gasteiger partial charge in [-0.3, -0.25) is 4.79 Å². The Bertz CT molecular complexity index is 1060. The van der Waals surface area contributed by atoms with Crippen molar-refractivity contribution in [3.05, 3.63) is 76.8 Å². The van der Waals surface area contributed by atoms with Crippen LogP contribution in [0.25, 0.3) is 11.1 Å². The van der Waals surface area contributed by atoms with Gasteiger partial charge in [0.05, 0.1) is 5.69 Å². The van der Waals surface area contributed by atoms with Gasteiger partial charge in [0.25, 0.3) is 0 Å². The van der Waals surface area contributed by atoms with E-state index >= 15 is 0 Å². The molecule has 2 N–H and O–H groups in total. The SMILES string of the molecule is Nc1ncc(-c2ccc(Cl)cc2)c(C2CCCN(C(=O)CCc3ccc(F)cc3)C2)n1. The number of halogens is 2. The third kappa shape index (κ3) is 5.20. The Morgan fingerprint density at radius 2 is 1.90 bits per heavy atom. The van der Waals surface area contributed by atoms with Gasteiger partial charge < -0.3 is 10.6 Å². The quantitative estimate of drug-likeness (QED) is 0.617. The maximum Gasteiger partial charge on any atom is 0.222 e. The van der Waals surface area contributed by atoms with Crippen molar-refractivity contribution in [3.8, 4) is 11.1 Å². The predicted octanol–water partition coefficient (Wildman–Crippen LogP) is 4.86. The lowest BCUT2D eigenvalue weighted by Gasteiger charge is -2.33. The Morgan fingerprint density at radius 1 is 1.16 bits per heavy atom. The highest BCUT2D eigenvalue weighted by atomic mass is 35.5. The van der Waals surface area contributed by atoms with E-state index in [2.05, 4.69) is 9.97 Å². The third-order valence-electron chi connectivity index (χ3n) is 5.69. The number of aryl methyl sites for hydroxylation is 1. The largest absolute Gasteiger partial charge is 0.368 e. The van der Waals surface area contributed by atoms with Crippen LogP contribution in [0, 0.1) is 5.82 Å². The first kappa shape index (κ1) is 21.2.